The molecule has 0 unspecified atom stereocenters. The molecule has 0 fully saturated rings. The van der Waals surface area contributed by atoms with Gasteiger partial charge in [0, 0.05) is 6.42 Å². The Kier molecular flexibility index (Phi) is 20.5. The summed E-state index contributed by atoms with van der Waals surface area (Å²) in [6.07, 6.45) is 17.3. The normalized spacial score (nSPS) is 10.6. The zero-order valence-electron chi connectivity index (χ0n) is 16.5. The fraction of sp³-hybridized carbons (Fsp3) is 0.944. The summed E-state index contributed by atoms with van der Waals surface area (Å²) in [5.74, 6) is 0.212. The predicted molar refractivity (Wildman–Crippen MR) is 95.1 cm³/mol. The molecule has 0 heterocycles. The summed E-state index contributed by atoms with van der Waals surface area (Å²) in [7, 11) is 0. The molecule has 0 amide bonds. The van der Waals surface area contributed by atoms with E-state index in [1.54, 1.807) is 0 Å². The Morgan fingerprint density at radius 2 is 1.10 bits per heavy atom. The molecule has 0 spiro atoms. The molecule has 0 saturated heterocycles. The molecule has 1 N–H and O–H groups in total. The van der Waals surface area contributed by atoms with E-state index in [9.17, 15) is 4.79 Å². The molecule has 0 saturated carbocycles. The predicted octanol–water partition coefficient (Wildman–Crippen LogP) is 6.03. The maximum atomic E-state index is 10.3. The van der Waals surface area contributed by atoms with Crippen LogP contribution < -0.4 is 0 Å². The van der Waals surface area contributed by atoms with Gasteiger partial charge in [0.15, 0.2) is 0 Å². The Hall–Kier alpha value is 0.236. The van der Waals surface area contributed by atoms with Crippen LogP contribution in [0.2, 0.25) is 0 Å². The average molecular weight is 311 g/mol. The van der Waals surface area contributed by atoms with Crippen molar-refractivity contribution >= 4 is 29.0 Å². The monoisotopic (exact) mass is 310 g/mol. The van der Waals surface area contributed by atoms with Crippen LogP contribution in [0.5, 0.6) is 0 Å². The fourth-order valence-corrected chi connectivity index (χ4v) is 2.60. The number of hydrogen-bond acceptors (Lipinski definition) is 1. The van der Waals surface area contributed by atoms with E-state index in [4.69, 9.17) is 5.11 Å². The van der Waals surface area contributed by atoms with Crippen molar-refractivity contribution in [3.8, 4) is 0 Å². The fourth-order valence-electron chi connectivity index (χ4n) is 2.60. The first-order chi connectivity index (χ1) is 9.63. The van der Waals surface area contributed by atoms with Gasteiger partial charge in [-0.05, 0) is 12.3 Å². The van der Waals surface area contributed by atoms with Crippen molar-refractivity contribution in [3.05, 3.63) is 0 Å². The molecule has 0 atom stereocenters. The minimum absolute atomic E-state index is 0. The Balaban J connectivity index is -0.000000602. The first kappa shape index (κ1) is 23.5. The topological polar surface area (TPSA) is 37.3 Å². The van der Waals surface area contributed by atoms with Crippen LogP contribution in [-0.4, -0.2) is 34.1 Å². The summed E-state index contributed by atoms with van der Waals surface area (Å²) in [6.45, 7) is 4.61. The molecular weight excluding hydrogens is 273 g/mol. The zero-order chi connectivity index (χ0) is 15.1. The second kappa shape index (κ2) is 18.3. The van der Waals surface area contributed by atoms with Gasteiger partial charge in [-0.15, -0.1) is 0 Å². The quantitative estimate of drug-likeness (QED) is 0.296. The zero-order valence-corrected chi connectivity index (χ0v) is 16.0. The van der Waals surface area contributed by atoms with Crippen molar-refractivity contribution in [1.82, 2.24) is 0 Å². The van der Waals surface area contributed by atoms with Crippen molar-refractivity contribution in [2.24, 2.45) is 5.92 Å². The van der Waals surface area contributed by atoms with Crippen LogP contribution >= 0.6 is 0 Å². The van der Waals surface area contributed by atoms with Gasteiger partial charge in [-0.3, -0.25) is 4.79 Å². The third-order valence-corrected chi connectivity index (χ3v) is 3.92. The summed E-state index contributed by atoms with van der Waals surface area (Å²) in [4.78, 5) is 10.3. The van der Waals surface area contributed by atoms with Crippen LogP contribution in [0, 0.1) is 5.92 Å². The van der Waals surface area contributed by atoms with Crippen molar-refractivity contribution in [2.75, 3.05) is 0 Å². The van der Waals surface area contributed by atoms with Crippen molar-refractivity contribution in [2.45, 2.75) is 104 Å². The minimum atomic E-state index is -0.654. The van der Waals surface area contributed by atoms with Gasteiger partial charge >= 0.3 is 29.0 Å². The van der Waals surface area contributed by atoms with Gasteiger partial charge in [0.1, 0.15) is 0 Å². The first-order valence-electron chi connectivity index (χ1n) is 8.84. The van der Waals surface area contributed by atoms with Crippen LogP contribution in [0.4, 0.5) is 0 Å². The van der Waals surface area contributed by atoms with Crippen LogP contribution in [0.1, 0.15) is 107 Å². The third kappa shape index (κ3) is 22.7. The Morgan fingerprint density at radius 1 is 0.762 bits per heavy atom. The van der Waals surface area contributed by atoms with Gasteiger partial charge in [-0.25, -0.2) is 0 Å². The molecule has 0 bridgehead atoms. The second-order valence-corrected chi connectivity index (χ2v) is 6.57. The number of carboxylic acids is 1. The van der Waals surface area contributed by atoms with Gasteiger partial charge in [0.2, 0.25) is 0 Å². The van der Waals surface area contributed by atoms with Crippen LogP contribution in [0.15, 0.2) is 0 Å². The van der Waals surface area contributed by atoms with E-state index in [1.165, 1.54) is 70.6 Å². The summed E-state index contributed by atoms with van der Waals surface area (Å²) < 4.78 is 0. The number of hydrogen-bond donors (Lipinski definition) is 1. The number of carbonyl (C=O) groups is 1. The number of carboxylic acid groups (broad SMARTS) is 1. The van der Waals surface area contributed by atoms with Gasteiger partial charge in [-0.1, -0.05) is 90.9 Å². The number of unbranched alkanes of at least 4 members (excludes halogenated alkanes) is 11. The maximum Gasteiger partial charge on any atom is 2.00 e. The molecule has 0 aliphatic carbocycles. The first-order valence-corrected chi connectivity index (χ1v) is 8.84. The van der Waals surface area contributed by atoms with E-state index >= 15 is 0 Å². The molecule has 0 aromatic carbocycles. The van der Waals surface area contributed by atoms with E-state index in [-0.39, 0.29) is 25.9 Å². The van der Waals surface area contributed by atoms with Crippen LogP contribution in [0.25, 0.3) is 0 Å². The van der Waals surface area contributed by atoms with E-state index in [0.717, 1.165) is 18.8 Å². The van der Waals surface area contributed by atoms with Crippen LogP contribution in [-0.2, 0) is 4.79 Å². The second-order valence-electron chi connectivity index (χ2n) is 6.57. The summed E-state index contributed by atoms with van der Waals surface area (Å²) in [6, 6.07) is 0. The molecule has 21 heavy (non-hydrogen) atoms. The van der Waals surface area contributed by atoms with Gasteiger partial charge in [0.05, 0.1) is 0 Å². The molecule has 0 radical (unpaired) electrons. The Labute approximate surface area is 151 Å². The number of aliphatic carboxylic acids is 1. The van der Waals surface area contributed by atoms with Gasteiger partial charge < -0.3 is 7.96 Å². The van der Waals surface area contributed by atoms with E-state index < -0.39 is 5.97 Å². The molecule has 124 valence electrons. The molecule has 0 rings (SSSR count). The molecule has 2 nitrogen and oxygen atoms in total. The molecule has 0 aliphatic rings. The molecule has 0 aromatic heterocycles. The van der Waals surface area contributed by atoms with E-state index in [0.29, 0.717) is 6.42 Å². The third-order valence-electron chi connectivity index (χ3n) is 3.92. The Morgan fingerprint density at radius 3 is 1.43 bits per heavy atom. The molecule has 3 heteroatoms. The maximum absolute atomic E-state index is 10.3. The molecular formula is C18H38MgO2. The van der Waals surface area contributed by atoms with Crippen molar-refractivity contribution in [3.63, 3.8) is 0 Å². The Bertz CT molecular complexity index is 227. The standard InChI is InChI=1S/C18H36O2.Mg.2H/c1-17(2)15-13-11-9-7-5-3-4-6-8-10-12-14-16-18(19)20;;;/h17H,3-16H2,1-2H3,(H,19,20);;;/q;+2;2*-1. The summed E-state index contributed by atoms with van der Waals surface area (Å²) >= 11 is 0. The molecule has 0 aliphatic heterocycles. The molecule has 0 aromatic rings. The minimum Gasteiger partial charge on any atom is -1.00 e. The van der Waals surface area contributed by atoms with Crippen molar-refractivity contribution < 1.29 is 12.8 Å². The van der Waals surface area contributed by atoms with Crippen LogP contribution in [0.3, 0.4) is 0 Å². The van der Waals surface area contributed by atoms with Gasteiger partial charge in [0.25, 0.3) is 0 Å². The number of rotatable bonds is 15. The SMILES string of the molecule is CC(C)CCCCCCCCCCCCCCC(=O)O.[H-].[H-].[Mg+2]. The van der Waals surface area contributed by atoms with Crippen molar-refractivity contribution in [1.29, 1.82) is 0 Å². The smallest absolute Gasteiger partial charge is 1.00 e. The average Bonchev–Trinajstić information content (AvgIpc) is 2.38. The summed E-state index contributed by atoms with van der Waals surface area (Å²) in [5.41, 5.74) is 0. The van der Waals surface area contributed by atoms with E-state index in [2.05, 4.69) is 13.8 Å². The van der Waals surface area contributed by atoms with Gasteiger partial charge in [-0.2, -0.15) is 0 Å². The largest absolute Gasteiger partial charge is 2.00 e. The summed E-state index contributed by atoms with van der Waals surface area (Å²) in [5, 5.41) is 8.52. The van der Waals surface area contributed by atoms with E-state index in [1.807, 2.05) is 0 Å².